The molecule has 0 aromatic carbocycles. The van der Waals surface area contributed by atoms with Crippen molar-refractivity contribution in [2.75, 3.05) is 6.61 Å². The van der Waals surface area contributed by atoms with Crippen LogP contribution in [-0.4, -0.2) is 24.5 Å². The van der Waals surface area contributed by atoms with Gasteiger partial charge in [-0.1, -0.05) is 20.8 Å². The molecule has 3 nitrogen and oxygen atoms in total. The molecule has 21 heavy (non-hydrogen) atoms. The maximum Gasteiger partial charge on any atom is 0.192 e. The molecule has 2 heterocycles. The first-order valence-electron chi connectivity index (χ1n) is 7.37. The fraction of sp³-hybridized carbons (Fsp3) is 0.562. The number of pyridine rings is 1. The second-order valence-corrected chi connectivity index (χ2v) is 13.2. The highest BCUT2D eigenvalue weighted by atomic mass is 127. The summed E-state index contributed by atoms with van der Waals surface area (Å²) in [4.78, 5) is 4.22. The second kappa shape index (κ2) is 6.00. The van der Waals surface area contributed by atoms with Crippen molar-refractivity contribution in [2.45, 2.75) is 51.9 Å². The van der Waals surface area contributed by atoms with Gasteiger partial charge in [0, 0.05) is 27.5 Å². The highest BCUT2D eigenvalue weighted by molar-refractivity contribution is 14.1. The van der Waals surface area contributed by atoms with Crippen LogP contribution in [0, 0.1) is 3.57 Å². The molecule has 0 bridgehead atoms. The lowest BCUT2D eigenvalue weighted by Gasteiger charge is -2.37. The van der Waals surface area contributed by atoms with Gasteiger partial charge in [0.15, 0.2) is 8.32 Å². The van der Waals surface area contributed by atoms with Crippen LogP contribution in [0.1, 0.15) is 33.7 Å². The highest BCUT2D eigenvalue weighted by Crippen LogP contribution is 2.37. The molecule has 0 N–H and O–H groups in total. The first-order chi connectivity index (χ1) is 9.63. The molecule has 0 saturated heterocycles. The number of nitrogens with zero attached hydrogens (tertiary/aromatic N) is 2. The van der Waals surface area contributed by atoms with Crippen LogP contribution < -0.4 is 0 Å². The van der Waals surface area contributed by atoms with E-state index < -0.39 is 8.32 Å². The summed E-state index contributed by atoms with van der Waals surface area (Å²) in [6.07, 6.45) is 6.00. The molecule has 0 aliphatic heterocycles. The minimum Gasteiger partial charge on any atom is -0.415 e. The quantitative estimate of drug-likeness (QED) is 0.505. The molecular weight excluding hydrogens is 391 g/mol. The zero-order valence-electron chi connectivity index (χ0n) is 13.8. The lowest BCUT2D eigenvalue weighted by molar-refractivity contribution is 0.241. The molecule has 0 radical (unpaired) electrons. The Morgan fingerprint density at radius 3 is 2.67 bits per heavy atom. The van der Waals surface area contributed by atoms with Crippen molar-refractivity contribution in [1.82, 2.24) is 9.55 Å². The van der Waals surface area contributed by atoms with E-state index in [1.54, 1.807) is 0 Å². The summed E-state index contributed by atoms with van der Waals surface area (Å²) in [6.45, 7) is 14.4. The van der Waals surface area contributed by atoms with Crippen molar-refractivity contribution < 1.29 is 4.43 Å². The van der Waals surface area contributed by atoms with Gasteiger partial charge in [0.25, 0.3) is 0 Å². The van der Waals surface area contributed by atoms with Crippen LogP contribution in [-0.2, 0) is 4.43 Å². The highest BCUT2D eigenvalue weighted by Gasteiger charge is 2.37. The zero-order valence-corrected chi connectivity index (χ0v) is 16.9. The van der Waals surface area contributed by atoms with Crippen molar-refractivity contribution >= 4 is 41.8 Å². The minimum absolute atomic E-state index is 0.254. The largest absolute Gasteiger partial charge is 0.415 e. The van der Waals surface area contributed by atoms with Crippen LogP contribution in [0.5, 0.6) is 0 Å². The average Bonchev–Trinajstić information content (AvgIpc) is 2.73. The fourth-order valence-electron chi connectivity index (χ4n) is 2.05. The van der Waals surface area contributed by atoms with E-state index in [2.05, 4.69) is 85.2 Å². The number of hydrogen-bond acceptors (Lipinski definition) is 2. The van der Waals surface area contributed by atoms with Gasteiger partial charge in [0.2, 0.25) is 0 Å². The molecule has 0 aliphatic carbocycles. The van der Waals surface area contributed by atoms with Gasteiger partial charge >= 0.3 is 0 Å². The topological polar surface area (TPSA) is 27.1 Å². The van der Waals surface area contributed by atoms with Gasteiger partial charge in [-0.05, 0) is 53.7 Å². The number of aromatic nitrogens is 2. The molecule has 2 rings (SSSR count). The Kier molecular flexibility index (Phi) is 4.85. The van der Waals surface area contributed by atoms with E-state index in [1.165, 1.54) is 14.5 Å². The molecule has 0 spiro atoms. The first kappa shape index (κ1) is 17.0. The average molecular weight is 416 g/mol. The Bertz CT molecular complexity index is 631. The first-order valence-corrected chi connectivity index (χ1v) is 11.4. The number of halogens is 1. The van der Waals surface area contributed by atoms with Gasteiger partial charge in [-0.15, -0.1) is 0 Å². The molecule has 0 aliphatic rings. The third-order valence-electron chi connectivity index (χ3n) is 4.55. The van der Waals surface area contributed by atoms with Crippen molar-refractivity contribution in [3.05, 3.63) is 28.2 Å². The third-order valence-corrected chi connectivity index (χ3v) is 9.91. The van der Waals surface area contributed by atoms with Crippen LogP contribution in [0.2, 0.25) is 18.1 Å². The molecule has 2 aromatic heterocycles. The lowest BCUT2D eigenvalue weighted by atomic mass is 10.2. The Morgan fingerprint density at radius 1 is 1.38 bits per heavy atom. The van der Waals surface area contributed by atoms with Crippen LogP contribution >= 0.6 is 22.6 Å². The fourth-order valence-corrected chi connectivity index (χ4v) is 3.85. The van der Waals surface area contributed by atoms with Gasteiger partial charge in [0.1, 0.15) is 0 Å². The van der Waals surface area contributed by atoms with Gasteiger partial charge in [-0.25, -0.2) is 0 Å². The summed E-state index contributed by atoms with van der Waals surface area (Å²) < 4.78 is 9.92. The molecule has 1 unspecified atom stereocenters. The minimum atomic E-state index is -1.69. The molecule has 1 atom stereocenters. The standard InChI is InChI=1S/C16H25IN2OSi/c1-12(11-20-21(5,6)16(2,3)4)19-10-14(17)13-9-18-8-7-15(13)19/h7-10,12H,11H2,1-6H3. The smallest absolute Gasteiger partial charge is 0.192 e. The molecule has 0 amide bonds. The lowest BCUT2D eigenvalue weighted by Crippen LogP contribution is -2.41. The van der Waals surface area contributed by atoms with Crippen LogP contribution in [0.25, 0.3) is 10.9 Å². The van der Waals surface area contributed by atoms with Crippen molar-refractivity contribution in [3.8, 4) is 0 Å². The predicted molar refractivity (Wildman–Crippen MR) is 100 cm³/mol. The Balaban J connectivity index is 2.19. The van der Waals surface area contributed by atoms with Crippen molar-refractivity contribution in [1.29, 1.82) is 0 Å². The zero-order chi connectivity index (χ0) is 15.8. The third kappa shape index (κ3) is 3.51. The molecule has 0 fully saturated rings. The maximum atomic E-state index is 6.37. The number of rotatable bonds is 4. The Morgan fingerprint density at radius 2 is 2.05 bits per heavy atom. The van der Waals surface area contributed by atoms with Crippen LogP contribution in [0.15, 0.2) is 24.7 Å². The maximum absolute atomic E-state index is 6.37. The summed E-state index contributed by atoms with van der Waals surface area (Å²) in [5.74, 6) is 0. The van der Waals surface area contributed by atoms with Gasteiger partial charge in [-0.3, -0.25) is 4.98 Å². The number of hydrogen-bond donors (Lipinski definition) is 0. The van der Waals surface area contributed by atoms with E-state index in [0.29, 0.717) is 6.04 Å². The predicted octanol–water partition coefficient (Wildman–Crippen LogP) is 5.22. The summed E-state index contributed by atoms with van der Waals surface area (Å²) in [5.41, 5.74) is 1.24. The summed E-state index contributed by atoms with van der Waals surface area (Å²) in [6, 6.07) is 2.41. The molecule has 116 valence electrons. The molecule has 5 heteroatoms. The van der Waals surface area contributed by atoms with Gasteiger partial charge in [0.05, 0.1) is 18.2 Å². The number of fused-ring (bicyclic) bond motifs is 1. The Labute approximate surface area is 142 Å². The SMILES string of the molecule is CC(CO[Si](C)(C)C(C)(C)C)n1cc(I)c2cnccc21. The molecule has 0 saturated carbocycles. The van der Waals surface area contributed by atoms with Crippen molar-refractivity contribution in [2.24, 2.45) is 0 Å². The summed E-state index contributed by atoms with van der Waals surface area (Å²) in [5, 5.41) is 1.47. The van der Waals surface area contributed by atoms with E-state index in [1.807, 2.05) is 12.4 Å². The van der Waals surface area contributed by atoms with E-state index in [4.69, 9.17) is 4.43 Å². The van der Waals surface area contributed by atoms with E-state index in [0.717, 1.165) is 6.61 Å². The van der Waals surface area contributed by atoms with Gasteiger partial charge < -0.3 is 8.99 Å². The summed E-state index contributed by atoms with van der Waals surface area (Å²) in [7, 11) is -1.69. The van der Waals surface area contributed by atoms with Crippen LogP contribution in [0.4, 0.5) is 0 Å². The van der Waals surface area contributed by atoms with Crippen molar-refractivity contribution in [3.63, 3.8) is 0 Å². The molecular formula is C16H25IN2OSi. The Hall–Kier alpha value is -0.403. The van der Waals surface area contributed by atoms with Gasteiger partial charge in [-0.2, -0.15) is 0 Å². The second-order valence-electron chi connectivity index (χ2n) is 7.20. The normalized spacial score (nSPS) is 14.6. The van der Waals surface area contributed by atoms with Crippen LogP contribution in [0.3, 0.4) is 0 Å². The van der Waals surface area contributed by atoms with E-state index in [9.17, 15) is 0 Å². The molecule has 2 aromatic rings. The monoisotopic (exact) mass is 416 g/mol. The summed E-state index contributed by atoms with van der Waals surface area (Å²) >= 11 is 2.38. The van der Waals surface area contributed by atoms with E-state index >= 15 is 0 Å². The van der Waals surface area contributed by atoms with E-state index in [-0.39, 0.29) is 5.04 Å².